The molecule has 3 atom stereocenters. The lowest BCUT2D eigenvalue weighted by Crippen LogP contribution is -2.64. The molecule has 2 aromatic heterocycles. The molecule has 0 aliphatic carbocycles. The Kier molecular flexibility index (Phi) is 11.2. The maximum atomic E-state index is 15.2. The summed E-state index contributed by atoms with van der Waals surface area (Å²) in [7, 11) is 0. The van der Waals surface area contributed by atoms with Gasteiger partial charge >= 0.3 is 11.8 Å². The third-order valence-corrected chi connectivity index (χ3v) is 9.80. The molecule has 0 saturated heterocycles. The first-order valence-electron chi connectivity index (χ1n) is 16.9. The van der Waals surface area contributed by atoms with E-state index in [2.05, 4.69) is 36.2 Å². The largest absolute Gasteiger partial charge is 0.381 e. The quantitative estimate of drug-likeness (QED) is 0.141. The molecule has 16 nitrogen and oxygen atoms in total. The molecule has 296 valence electrons. The minimum atomic E-state index is -2.69. The summed E-state index contributed by atoms with van der Waals surface area (Å²) >= 11 is 12.8. The lowest BCUT2D eigenvalue weighted by atomic mass is 10.0. The van der Waals surface area contributed by atoms with Crippen molar-refractivity contribution in [2.24, 2.45) is 5.10 Å². The molecule has 0 radical (unpaired) electrons. The van der Waals surface area contributed by atoms with Gasteiger partial charge in [0.25, 0.3) is 5.91 Å². The highest BCUT2D eigenvalue weighted by atomic mass is 35.5. The van der Waals surface area contributed by atoms with Gasteiger partial charge in [-0.15, -0.1) is 10.2 Å². The van der Waals surface area contributed by atoms with Crippen LogP contribution in [-0.2, 0) is 27.5 Å². The number of quaternary nitrogens is 1. The Morgan fingerprint density at radius 1 is 0.741 bits per heavy atom. The fourth-order valence-electron chi connectivity index (χ4n) is 6.59. The predicted octanol–water partition coefficient (Wildman–Crippen LogP) is 4.13. The molecule has 4 aromatic carbocycles. The van der Waals surface area contributed by atoms with Crippen molar-refractivity contribution >= 4 is 47.1 Å². The summed E-state index contributed by atoms with van der Waals surface area (Å²) in [5.41, 5.74) is -0.578. The lowest BCUT2D eigenvalue weighted by molar-refractivity contribution is -0.800. The van der Waals surface area contributed by atoms with Gasteiger partial charge in [0.05, 0.1) is 24.0 Å². The van der Waals surface area contributed by atoms with Crippen LogP contribution in [0.4, 0.5) is 17.6 Å². The summed E-state index contributed by atoms with van der Waals surface area (Å²) in [5, 5.41) is 49.7. The van der Waals surface area contributed by atoms with E-state index in [9.17, 15) is 28.6 Å². The number of halogens is 6. The van der Waals surface area contributed by atoms with Crippen LogP contribution >= 0.6 is 23.2 Å². The molecule has 3 heterocycles. The first-order valence-corrected chi connectivity index (χ1v) is 17.6. The van der Waals surface area contributed by atoms with Crippen LogP contribution in [-0.4, -0.2) is 90.1 Å². The van der Waals surface area contributed by atoms with Crippen LogP contribution in [0, 0.1) is 23.3 Å². The van der Waals surface area contributed by atoms with E-state index >= 15 is 13.6 Å². The van der Waals surface area contributed by atoms with Gasteiger partial charge in [-0.1, -0.05) is 57.2 Å². The minimum Gasteiger partial charge on any atom is -0.375 e. The molecule has 58 heavy (non-hydrogen) atoms. The summed E-state index contributed by atoms with van der Waals surface area (Å²) in [6.07, 6.45) is -2.40. The number of tetrazole rings is 2. The van der Waals surface area contributed by atoms with Crippen LogP contribution in [0.1, 0.15) is 40.9 Å². The van der Waals surface area contributed by atoms with E-state index in [1.54, 1.807) is 12.1 Å². The number of carbonyl (C=O) groups excluding carboxylic acids is 3. The van der Waals surface area contributed by atoms with E-state index in [1.165, 1.54) is 46.3 Å². The summed E-state index contributed by atoms with van der Waals surface area (Å²) < 4.78 is 59.4. The standard InChI is InChI=1S/C36H26Cl2F4N11O5/c37-21-7-9-27(51-17-43-46-48-51)19(13-21)15-50(16-20-14-22(38)8-10-28(20)52-18-44-47-49-52)34(56)29-11-12-45-53(29,35(57)32(54)23-3-1-5-25(39)30(23)41)36(58)33(55)24-4-2-6-26(40)31(24)42/h1-10,12-14,17-18,29,32-33,54-55H,11,15-16H2/q+1/t29-,32?,33?,53?/m0/s1. The highest BCUT2D eigenvalue weighted by Crippen LogP contribution is 2.37. The zero-order chi connectivity index (χ0) is 41.3. The number of carbonyl (C=O) groups is 3. The van der Waals surface area contributed by atoms with Crippen LogP contribution in [0.25, 0.3) is 11.4 Å². The molecule has 1 aliphatic rings. The maximum Gasteiger partial charge on any atom is 0.381 e. The second-order valence-electron chi connectivity index (χ2n) is 12.8. The molecule has 22 heteroatoms. The topological polar surface area (TPSA) is 194 Å². The Labute approximate surface area is 333 Å². The number of aromatic nitrogens is 8. The number of amides is 3. The normalized spacial score (nSPS) is 17.3. The van der Waals surface area contributed by atoms with Gasteiger partial charge in [0.15, 0.2) is 23.3 Å². The van der Waals surface area contributed by atoms with Crippen molar-refractivity contribution in [2.45, 2.75) is 37.8 Å². The van der Waals surface area contributed by atoms with E-state index in [0.29, 0.717) is 34.6 Å². The first-order chi connectivity index (χ1) is 27.8. The maximum absolute atomic E-state index is 15.2. The van der Waals surface area contributed by atoms with E-state index < -0.39 is 81.4 Å². The fraction of sp³-hybridized carbons (Fsp3) is 0.167. The predicted molar refractivity (Wildman–Crippen MR) is 192 cm³/mol. The first kappa shape index (κ1) is 39.9. The van der Waals surface area contributed by atoms with E-state index in [0.717, 1.165) is 35.4 Å². The van der Waals surface area contributed by atoms with Gasteiger partial charge in [0.1, 0.15) is 12.7 Å². The number of imide groups is 1. The zero-order valence-corrected chi connectivity index (χ0v) is 30.8. The lowest BCUT2D eigenvalue weighted by Gasteiger charge is -2.35. The summed E-state index contributed by atoms with van der Waals surface area (Å²) in [4.78, 5) is 45.6. The fourth-order valence-corrected chi connectivity index (χ4v) is 6.98. The highest BCUT2D eigenvalue weighted by molar-refractivity contribution is 6.31. The third-order valence-electron chi connectivity index (χ3n) is 9.33. The SMILES string of the molecule is O=C([C@@H]1CC=N[N+]1(C(=O)C(O)c1cccc(F)c1F)C(=O)C(O)c1cccc(F)c1F)N(Cc1cc(Cl)ccc1-n1cnnn1)Cc1cc(Cl)ccc1-n1cnnn1. The van der Waals surface area contributed by atoms with Gasteiger partial charge in [-0.05, 0) is 80.5 Å². The number of benzene rings is 4. The van der Waals surface area contributed by atoms with Crippen LogP contribution in [0.2, 0.25) is 10.0 Å². The highest BCUT2D eigenvalue weighted by Gasteiger charge is 2.63. The van der Waals surface area contributed by atoms with Gasteiger partial charge < -0.3 is 15.1 Å². The molecule has 1 aliphatic heterocycles. The molecule has 7 rings (SSSR count). The second kappa shape index (κ2) is 16.3. The zero-order valence-electron chi connectivity index (χ0n) is 29.3. The van der Waals surface area contributed by atoms with Crippen molar-refractivity contribution in [3.8, 4) is 11.4 Å². The Morgan fingerprint density at radius 3 is 1.64 bits per heavy atom. The van der Waals surface area contributed by atoms with Gasteiger partial charge in [-0.2, -0.15) is 0 Å². The van der Waals surface area contributed by atoms with Crippen molar-refractivity contribution in [2.75, 3.05) is 0 Å². The van der Waals surface area contributed by atoms with E-state index in [1.807, 2.05) is 0 Å². The average Bonchev–Trinajstić information content (AvgIpc) is 4.03. The molecule has 0 spiro atoms. The van der Waals surface area contributed by atoms with Crippen molar-refractivity contribution in [3.05, 3.63) is 141 Å². The van der Waals surface area contributed by atoms with Crippen LogP contribution in [0.5, 0.6) is 0 Å². The molecule has 2 unspecified atom stereocenters. The number of hydrogen-bond acceptors (Lipinski definition) is 12. The van der Waals surface area contributed by atoms with Crippen molar-refractivity contribution < 1.29 is 46.8 Å². The molecule has 2 N–H and O–H groups in total. The number of aliphatic hydroxyl groups excluding tert-OH is 2. The summed E-state index contributed by atoms with van der Waals surface area (Å²) in [5.74, 6) is -10.8. The molecule has 3 amide bonds. The average molecular weight is 840 g/mol. The van der Waals surface area contributed by atoms with Gasteiger partial charge in [0.2, 0.25) is 18.2 Å². The van der Waals surface area contributed by atoms with E-state index in [-0.39, 0.29) is 23.1 Å². The van der Waals surface area contributed by atoms with Gasteiger partial charge in [-0.3, -0.25) is 4.79 Å². The summed E-state index contributed by atoms with van der Waals surface area (Å²) in [6.45, 7) is -0.756. The third kappa shape index (κ3) is 7.34. The minimum absolute atomic E-state index is 0.219. The summed E-state index contributed by atoms with van der Waals surface area (Å²) in [6, 6.07) is 12.2. The smallest absolute Gasteiger partial charge is 0.375 e. The number of aliphatic hydroxyl groups is 2. The van der Waals surface area contributed by atoms with Crippen LogP contribution < -0.4 is 0 Å². The second-order valence-corrected chi connectivity index (χ2v) is 13.6. The van der Waals surface area contributed by atoms with Crippen LogP contribution in [0.15, 0.2) is 90.6 Å². The molecular weight excluding hydrogens is 813 g/mol. The van der Waals surface area contributed by atoms with Crippen molar-refractivity contribution in [1.82, 2.24) is 45.3 Å². The monoisotopic (exact) mass is 838 g/mol. The van der Waals surface area contributed by atoms with Gasteiger partial charge in [0, 0.05) is 34.3 Å². The Morgan fingerprint density at radius 2 is 1.21 bits per heavy atom. The Bertz CT molecular complexity index is 2410. The molecule has 6 aromatic rings. The number of hydrogen-bond donors (Lipinski definition) is 2. The molecule has 0 bridgehead atoms. The number of rotatable bonds is 11. The number of nitrogens with zero attached hydrogens (tertiary/aromatic N) is 11. The Balaban J connectivity index is 1.39. The molecule has 0 fully saturated rings. The van der Waals surface area contributed by atoms with Gasteiger partial charge in [-0.25, -0.2) is 36.5 Å². The van der Waals surface area contributed by atoms with Crippen LogP contribution in [0.3, 0.4) is 0 Å². The molecular formula is C36H26Cl2F4N11O5+. The van der Waals surface area contributed by atoms with Crippen molar-refractivity contribution in [1.29, 1.82) is 0 Å². The Hall–Kier alpha value is -6.32. The van der Waals surface area contributed by atoms with Crippen molar-refractivity contribution in [3.63, 3.8) is 0 Å². The van der Waals surface area contributed by atoms with E-state index in [4.69, 9.17) is 23.2 Å². The molecule has 0 saturated carbocycles.